The Balaban J connectivity index is 1.79. The fraction of sp³-hybridized carbons (Fsp3) is 0.286. The first-order valence-corrected chi connectivity index (χ1v) is 6.11. The van der Waals surface area contributed by atoms with Gasteiger partial charge >= 0.3 is 0 Å². The quantitative estimate of drug-likeness (QED) is 0.871. The molecule has 1 unspecified atom stereocenters. The topological polar surface area (TPSA) is 33.4 Å². The van der Waals surface area contributed by atoms with Gasteiger partial charge in [0.25, 0.3) is 0 Å². The van der Waals surface area contributed by atoms with Gasteiger partial charge in [-0.15, -0.1) is 0 Å². The van der Waals surface area contributed by atoms with E-state index in [2.05, 4.69) is 12.1 Å². The Labute approximate surface area is 106 Å². The minimum absolute atomic E-state index is 0.321. The average molecular weight is 251 g/mol. The van der Waals surface area contributed by atoms with Gasteiger partial charge < -0.3 is 9.52 Å². The van der Waals surface area contributed by atoms with Crippen LogP contribution >= 0.6 is 11.6 Å². The van der Waals surface area contributed by atoms with Crippen molar-refractivity contribution in [3.63, 3.8) is 0 Å². The van der Waals surface area contributed by atoms with Gasteiger partial charge in [0.05, 0.1) is 0 Å². The van der Waals surface area contributed by atoms with E-state index >= 15 is 0 Å². The summed E-state index contributed by atoms with van der Waals surface area (Å²) in [5.41, 5.74) is 1.29. The highest BCUT2D eigenvalue weighted by atomic mass is 35.5. The van der Waals surface area contributed by atoms with Crippen molar-refractivity contribution < 1.29 is 9.52 Å². The molecule has 0 spiro atoms. The van der Waals surface area contributed by atoms with Crippen LogP contribution in [-0.2, 0) is 6.42 Å². The Morgan fingerprint density at radius 2 is 1.88 bits per heavy atom. The third-order valence-corrected chi connectivity index (χ3v) is 2.91. The Morgan fingerprint density at radius 3 is 2.53 bits per heavy atom. The lowest BCUT2D eigenvalue weighted by atomic mass is 10.1. The molecule has 1 aromatic heterocycles. The van der Waals surface area contributed by atoms with Crippen LogP contribution in [0.25, 0.3) is 0 Å². The molecule has 1 aromatic carbocycles. The van der Waals surface area contributed by atoms with Crippen molar-refractivity contribution in [1.29, 1.82) is 0 Å². The van der Waals surface area contributed by atoms with Crippen molar-refractivity contribution >= 4 is 11.6 Å². The molecule has 3 heteroatoms. The molecule has 2 nitrogen and oxygen atoms in total. The zero-order valence-electron chi connectivity index (χ0n) is 9.47. The number of aliphatic hydroxyl groups excluding tert-OH is 1. The first-order valence-electron chi connectivity index (χ1n) is 5.73. The van der Waals surface area contributed by atoms with Crippen LogP contribution in [0.1, 0.15) is 30.3 Å². The monoisotopic (exact) mass is 250 g/mol. The van der Waals surface area contributed by atoms with Crippen LogP contribution in [0.4, 0.5) is 0 Å². The van der Waals surface area contributed by atoms with E-state index in [4.69, 9.17) is 16.0 Å². The molecule has 0 amide bonds. The number of benzene rings is 1. The Bertz CT molecular complexity index is 450. The van der Waals surface area contributed by atoms with Gasteiger partial charge in [-0.2, -0.15) is 0 Å². The van der Waals surface area contributed by atoms with Gasteiger partial charge in [-0.3, -0.25) is 0 Å². The Morgan fingerprint density at radius 1 is 1.12 bits per heavy atom. The first kappa shape index (κ1) is 12.2. The molecule has 0 radical (unpaired) electrons. The largest absolute Gasteiger partial charge is 0.447 e. The molecule has 0 saturated heterocycles. The summed E-state index contributed by atoms with van der Waals surface area (Å²) in [4.78, 5) is 0. The second-order valence-corrected chi connectivity index (χ2v) is 4.41. The van der Waals surface area contributed by atoms with Crippen molar-refractivity contribution in [2.75, 3.05) is 0 Å². The molecule has 17 heavy (non-hydrogen) atoms. The van der Waals surface area contributed by atoms with Crippen LogP contribution in [0.2, 0.25) is 5.22 Å². The molecule has 0 aliphatic rings. The van der Waals surface area contributed by atoms with Crippen LogP contribution in [0.3, 0.4) is 0 Å². The van der Waals surface area contributed by atoms with Crippen LogP contribution in [0.5, 0.6) is 0 Å². The van der Waals surface area contributed by atoms with E-state index in [1.807, 2.05) is 18.2 Å². The summed E-state index contributed by atoms with van der Waals surface area (Å²) in [5, 5.41) is 10.2. The molecule has 2 aromatic rings. The highest BCUT2D eigenvalue weighted by Crippen LogP contribution is 2.23. The van der Waals surface area contributed by atoms with Crippen molar-refractivity contribution in [2.24, 2.45) is 0 Å². The van der Waals surface area contributed by atoms with E-state index in [0.717, 1.165) is 12.8 Å². The number of hydrogen-bond acceptors (Lipinski definition) is 2. The molecule has 90 valence electrons. The fourth-order valence-corrected chi connectivity index (χ4v) is 1.95. The van der Waals surface area contributed by atoms with Crippen LogP contribution in [0, 0.1) is 0 Å². The molecule has 0 bridgehead atoms. The van der Waals surface area contributed by atoms with Gasteiger partial charge in [0.1, 0.15) is 11.9 Å². The third kappa shape index (κ3) is 3.62. The highest BCUT2D eigenvalue weighted by molar-refractivity contribution is 6.28. The molecular weight excluding hydrogens is 236 g/mol. The van der Waals surface area contributed by atoms with E-state index in [1.54, 1.807) is 12.1 Å². The van der Waals surface area contributed by atoms with Crippen molar-refractivity contribution in [1.82, 2.24) is 0 Å². The van der Waals surface area contributed by atoms with E-state index in [1.165, 1.54) is 5.56 Å². The number of aliphatic hydroxyl groups is 1. The fourth-order valence-electron chi connectivity index (χ4n) is 1.79. The molecule has 0 aliphatic carbocycles. The first-order chi connectivity index (χ1) is 8.25. The number of hydrogen-bond donors (Lipinski definition) is 1. The van der Waals surface area contributed by atoms with Gasteiger partial charge in [-0.05, 0) is 48.6 Å². The predicted molar refractivity (Wildman–Crippen MR) is 68.1 cm³/mol. The molecular formula is C14H15ClO2. The van der Waals surface area contributed by atoms with E-state index in [9.17, 15) is 5.11 Å². The number of rotatable bonds is 5. The van der Waals surface area contributed by atoms with Gasteiger partial charge in [-0.1, -0.05) is 30.3 Å². The number of furan rings is 1. The minimum Gasteiger partial charge on any atom is -0.447 e. The van der Waals surface area contributed by atoms with Crippen LogP contribution in [0.15, 0.2) is 46.9 Å². The SMILES string of the molecule is OC(CCCc1ccccc1)c1ccc(Cl)o1. The lowest BCUT2D eigenvalue weighted by Crippen LogP contribution is -1.96. The lowest BCUT2D eigenvalue weighted by Gasteiger charge is -2.07. The zero-order valence-corrected chi connectivity index (χ0v) is 10.2. The van der Waals surface area contributed by atoms with E-state index in [-0.39, 0.29) is 0 Å². The summed E-state index contributed by atoms with van der Waals surface area (Å²) < 4.78 is 5.16. The zero-order chi connectivity index (χ0) is 12.1. The predicted octanol–water partition coefficient (Wildman–Crippen LogP) is 3.99. The van der Waals surface area contributed by atoms with Gasteiger partial charge in [0.2, 0.25) is 0 Å². The van der Waals surface area contributed by atoms with Gasteiger partial charge in [0, 0.05) is 0 Å². The number of aryl methyl sites for hydroxylation is 1. The maximum atomic E-state index is 9.86. The summed E-state index contributed by atoms with van der Waals surface area (Å²) >= 11 is 5.66. The van der Waals surface area contributed by atoms with Crippen LogP contribution < -0.4 is 0 Å². The summed E-state index contributed by atoms with van der Waals surface area (Å²) in [5.74, 6) is 0.545. The lowest BCUT2D eigenvalue weighted by molar-refractivity contribution is 0.138. The third-order valence-electron chi connectivity index (χ3n) is 2.71. The maximum absolute atomic E-state index is 9.86. The standard InChI is InChI=1S/C14H15ClO2/c15-14-10-9-13(17-14)12(16)8-4-7-11-5-2-1-3-6-11/h1-3,5-6,9-10,12,16H,4,7-8H2. The van der Waals surface area contributed by atoms with Crippen molar-refractivity contribution in [3.05, 3.63) is 59.0 Å². The Hall–Kier alpha value is -1.25. The molecule has 2 rings (SSSR count). The summed E-state index contributed by atoms with van der Waals surface area (Å²) in [6.07, 6.45) is 2.00. The molecule has 1 N–H and O–H groups in total. The van der Waals surface area contributed by atoms with Gasteiger partial charge in [-0.25, -0.2) is 0 Å². The summed E-state index contributed by atoms with van der Waals surface area (Å²) in [6.45, 7) is 0. The van der Waals surface area contributed by atoms with E-state index < -0.39 is 6.10 Å². The Kier molecular flexibility index (Phi) is 4.24. The molecule has 1 heterocycles. The van der Waals surface area contributed by atoms with E-state index in [0.29, 0.717) is 17.4 Å². The second kappa shape index (κ2) is 5.89. The second-order valence-electron chi connectivity index (χ2n) is 4.04. The molecule has 0 fully saturated rings. The smallest absolute Gasteiger partial charge is 0.193 e. The van der Waals surface area contributed by atoms with Crippen molar-refractivity contribution in [3.8, 4) is 0 Å². The van der Waals surface area contributed by atoms with Crippen LogP contribution in [-0.4, -0.2) is 5.11 Å². The maximum Gasteiger partial charge on any atom is 0.193 e. The minimum atomic E-state index is -0.564. The highest BCUT2D eigenvalue weighted by Gasteiger charge is 2.11. The van der Waals surface area contributed by atoms with Gasteiger partial charge in [0.15, 0.2) is 5.22 Å². The summed E-state index contributed by atoms with van der Waals surface area (Å²) in [6, 6.07) is 13.6. The molecule has 0 aliphatic heterocycles. The molecule has 1 atom stereocenters. The summed E-state index contributed by atoms with van der Waals surface area (Å²) in [7, 11) is 0. The number of halogens is 1. The van der Waals surface area contributed by atoms with Crippen molar-refractivity contribution in [2.45, 2.75) is 25.4 Å². The normalized spacial score (nSPS) is 12.6. The molecule has 0 saturated carbocycles. The average Bonchev–Trinajstić information content (AvgIpc) is 2.77.